The molecule has 2 aromatic heterocycles. The Morgan fingerprint density at radius 3 is 2.42 bits per heavy atom. The normalized spacial score (nSPS) is 16.9. The van der Waals surface area contributed by atoms with Gasteiger partial charge in [0.2, 0.25) is 0 Å². The van der Waals surface area contributed by atoms with Crippen molar-refractivity contribution in [1.29, 1.82) is 0 Å². The van der Waals surface area contributed by atoms with Crippen molar-refractivity contribution in [2.45, 2.75) is 25.4 Å². The molecule has 0 amide bonds. The first-order chi connectivity index (χ1) is 17.1. The molecule has 3 heterocycles. The number of alkyl halides is 3. The molecule has 0 radical (unpaired) electrons. The van der Waals surface area contributed by atoms with E-state index in [4.69, 9.17) is 14.0 Å². The van der Waals surface area contributed by atoms with Crippen LogP contribution in [0.5, 0.6) is 17.5 Å². The summed E-state index contributed by atoms with van der Waals surface area (Å²) in [6, 6.07) is 14.2. The molecule has 36 heavy (non-hydrogen) atoms. The second kappa shape index (κ2) is 8.59. The molecule has 0 N–H and O–H groups in total. The third kappa shape index (κ3) is 4.94. The van der Waals surface area contributed by atoms with E-state index in [2.05, 4.69) is 14.9 Å². The molecule has 13 heteroatoms. The number of imidazole rings is 1. The van der Waals surface area contributed by atoms with Gasteiger partial charge in [0, 0.05) is 22.2 Å². The first-order valence-electron chi connectivity index (χ1n) is 10.5. The van der Waals surface area contributed by atoms with Gasteiger partial charge in [-0.15, -0.1) is 13.2 Å². The zero-order valence-electron chi connectivity index (χ0n) is 18.6. The highest BCUT2D eigenvalue weighted by molar-refractivity contribution is 5.67. The lowest BCUT2D eigenvalue weighted by atomic mass is 10.1. The molecule has 0 bridgehead atoms. The lowest BCUT2D eigenvalue weighted by Crippen LogP contribution is -2.38. The second-order valence-corrected chi connectivity index (χ2v) is 8.28. The summed E-state index contributed by atoms with van der Waals surface area (Å²) < 4.78 is 59.3. The zero-order valence-corrected chi connectivity index (χ0v) is 18.6. The molecule has 0 saturated heterocycles. The van der Waals surface area contributed by atoms with Crippen molar-refractivity contribution in [3.63, 3.8) is 0 Å². The topological polar surface area (TPSA) is 115 Å². The summed E-state index contributed by atoms with van der Waals surface area (Å²) in [5.41, 5.74) is 1.08. The molecule has 186 valence electrons. The standard InChI is InChI=1S/C23H17F3N4O6/c1-22(12-29-11-20(30(31)32)27-21(29)35-22)13-33-16-6-2-14(3-7-16)18-10-19(36-28-18)15-4-8-17(9-5-15)34-23(24,25)26/h2-11H,12-13H2,1H3/t22-/m1/s1. The van der Waals surface area contributed by atoms with Crippen LogP contribution in [0.25, 0.3) is 22.6 Å². The third-order valence-corrected chi connectivity index (χ3v) is 5.33. The lowest BCUT2D eigenvalue weighted by Gasteiger charge is -2.22. The Bertz CT molecular complexity index is 1370. The Morgan fingerprint density at radius 2 is 1.78 bits per heavy atom. The van der Waals surface area contributed by atoms with Crippen LogP contribution in [0.2, 0.25) is 0 Å². The second-order valence-electron chi connectivity index (χ2n) is 8.28. The van der Waals surface area contributed by atoms with Gasteiger partial charge in [0.1, 0.15) is 30.0 Å². The minimum Gasteiger partial charge on any atom is -0.489 e. The number of rotatable bonds is 7. The highest BCUT2D eigenvalue weighted by atomic mass is 19.4. The first kappa shape index (κ1) is 23.2. The predicted molar refractivity (Wildman–Crippen MR) is 117 cm³/mol. The molecule has 0 aliphatic carbocycles. The van der Waals surface area contributed by atoms with Crippen LogP contribution in [0.3, 0.4) is 0 Å². The van der Waals surface area contributed by atoms with Crippen LogP contribution in [-0.4, -0.2) is 38.2 Å². The van der Waals surface area contributed by atoms with Gasteiger partial charge in [0.15, 0.2) is 11.4 Å². The van der Waals surface area contributed by atoms with Gasteiger partial charge >= 0.3 is 18.2 Å². The maximum absolute atomic E-state index is 12.3. The summed E-state index contributed by atoms with van der Waals surface area (Å²) in [6.07, 6.45) is -3.43. The summed E-state index contributed by atoms with van der Waals surface area (Å²) in [7, 11) is 0. The minimum absolute atomic E-state index is 0.174. The Labute approximate surface area is 201 Å². The summed E-state index contributed by atoms with van der Waals surface area (Å²) >= 11 is 0. The van der Waals surface area contributed by atoms with Gasteiger partial charge in [0.05, 0.1) is 6.54 Å². The van der Waals surface area contributed by atoms with Crippen LogP contribution in [0.4, 0.5) is 19.0 Å². The fourth-order valence-electron chi connectivity index (χ4n) is 3.68. The monoisotopic (exact) mass is 502 g/mol. The van der Waals surface area contributed by atoms with Gasteiger partial charge in [-0.1, -0.05) is 5.16 Å². The van der Waals surface area contributed by atoms with Crippen LogP contribution in [-0.2, 0) is 6.54 Å². The SMILES string of the molecule is C[C@]1(COc2ccc(-c3cc(-c4ccc(OC(F)(F)F)cc4)on3)cc2)Cn2cc([N+](=O)[O-])nc2O1. The van der Waals surface area contributed by atoms with Crippen LogP contribution >= 0.6 is 0 Å². The number of hydrogen-bond donors (Lipinski definition) is 0. The average molecular weight is 502 g/mol. The summed E-state index contributed by atoms with van der Waals surface area (Å²) in [5, 5.41) is 14.9. The fraction of sp³-hybridized carbons (Fsp3) is 0.217. The maximum Gasteiger partial charge on any atom is 0.573 e. The van der Waals surface area contributed by atoms with Crippen LogP contribution < -0.4 is 14.2 Å². The Kier molecular flexibility index (Phi) is 5.54. The Morgan fingerprint density at radius 1 is 1.11 bits per heavy atom. The van der Waals surface area contributed by atoms with Crippen LogP contribution in [0, 0.1) is 10.1 Å². The van der Waals surface area contributed by atoms with E-state index in [0.717, 1.165) is 5.56 Å². The maximum atomic E-state index is 12.3. The van der Waals surface area contributed by atoms with Gasteiger partial charge in [-0.2, -0.15) is 0 Å². The molecular weight excluding hydrogens is 485 g/mol. The highest BCUT2D eigenvalue weighted by Gasteiger charge is 2.41. The predicted octanol–water partition coefficient (Wildman–Crippen LogP) is 5.24. The Balaban J connectivity index is 1.20. The quantitative estimate of drug-likeness (QED) is 0.249. The van der Waals surface area contributed by atoms with E-state index < -0.39 is 16.9 Å². The van der Waals surface area contributed by atoms with Gasteiger partial charge in [0.25, 0.3) is 0 Å². The molecule has 1 aliphatic rings. The van der Waals surface area contributed by atoms with Gasteiger partial charge < -0.3 is 28.8 Å². The molecule has 0 saturated carbocycles. The average Bonchev–Trinajstić information content (AvgIpc) is 3.52. The first-order valence-corrected chi connectivity index (χ1v) is 10.5. The summed E-state index contributed by atoms with van der Waals surface area (Å²) in [5.74, 6) is 0.354. The van der Waals surface area contributed by atoms with Crippen LogP contribution in [0.1, 0.15) is 6.92 Å². The van der Waals surface area contributed by atoms with E-state index in [9.17, 15) is 23.3 Å². The lowest BCUT2D eigenvalue weighted by molar-refractivity contribution is -0.389. The largest absolute Gasteiger partial charge is 0.573 e. The van der Waals surface area contributed by atoms with Crippen molar-refractivity contribution < 1.29 is 36.8 Å². The van der Waals surface area contributed by atoms with E-state index in [0.29, 0.717) is 29.3 Å². The van der Waals surface area contributed by atoms with Crippen molar-refractivity contribution in [3.8, 4) is 40.1 Å². The molecule has 1 aliphatic heterocycles. The molecule has 10 nitrogen and oxygen atoms in total. The highest BCUT2D eigenvalue weighted by Crippen LogP contribution is 2.33. The number of ether oxygens (including phenoxy) is 3. The van der Waals surface area contributed by atoms with Crippen molar-refractivity contribution in [1.82, 2.24) is 14.7 Å². The van der Waals surface area contributed by atoms with Crippen molar-refractivity contribution >= 4 is 5.82 Å². The molecule has 5 rings (SSSR count). The molecule has 2 aromatic carbocycles. The minimum atomic E-state index is -4.76. The number of nitrogens with zero attached hydrogens (tertiary/aromatic N) is 4. The van der Waals surface area contributed by atoms with Crippen molar-refractivity contribution in [2.24, 2.45) is 0 Å². The number of nitro groups is 1. The summed E-state index contributed by atoms with van der Waals surface area (Å²) in [6.45, 7) is 2.36. The number of aromatic nitrogens is 3. The molecule has 1 atom stereocenters. The van der Waals surface area contributed by atoms with Crippen molar-refractivity contribution in [2.75, 3.05) is 6.61 Å². The third-order valence-electron chi connectivity index (χ3n) is 5.33. The van der Waals surface area contributed by atoms with E-state index in [1.165, 1.54) is 30.5 Å². The fourth-order valence-corrected chi connectivity index (χ4v) is 3.68. The number of fused-ring (bicyclic) bond motifs is 1. The smallest absolute Gasteiger partial charge is 0.489 e. The van der Waals surface area contributed by atoms with Gasteiger partial charge in [-0.25, -0.2) is 0 Å². The van der Waals surface area contributed by atoms with Gasteiger partial charge in [-0.3, -0.25) is 4.57 Å². The number of benzene rings is 2. The number of halogens is 3. The van der Waals surface area contributed by atoms with E-state index in [-0.39, 0.29) is 24.2 Å². The molecule has 4 aromatic rings. The van der Waals surface area contributed by atoms with E-state index in [1.807, 2.05) is 6.92 Å². The Hall–Kier alpha value is -4.55. The molecule has 0 spiro atoms. The molecule has 0 fully saturated rings. The molecular formula is C23H17F3N4O6. The van der Waals surface area contributed by atoms with Crippen LogP contribution in [0.15, 0.2) is 65.3 Å². The van der Waals surface area contributed by atoms with E-state index >= 15 is 0 Å². The van der Waals surface area contributed by atoms with E-state index in [1.54, 1.807) is 34.9 Å². The molecule has 0 unspecified atom stereocenters. The van der Waals surface area contributed by atoms with Crippen molar-refractivity contribution in [3.05, 3.63) is 70.9 Å². The summed E-state index contributed by atoms with van der Waals surface area (Å²) in [4.78, 5) is 14.1. The zero-order chi connectivity index (χ0) is 25.5. The van der Waals surface area contributed by atoms with Gasteiger partial charge in [-0.05, 0) is 60.4 Å². The number of hydrogen-bond acceptors (Lipinski definition) is 8.